The SMILES string of the molecule is C[C@H]1C/C(=N\Nc2ccc([N+](=O)[O-])cc2[N+](=O)[O-])c2c(O)ccc(F)c21. The highest BCUT2D eigenvalue weighted by Crippen LogP contribution is 2.40. The Morgan fingerprint density at radius 3 is 2.62 bits per heavy atom. The van der Waals surface area contributed by atoms with Crippen LogP contribution in [0.2, 0.25) is 0 Å². The van der Waals surface area contributed by atoms with E-state index in [1.165, 1.54) is 18.2 Å². The number of non-ortho nitro benzene ring substituents is 1. The van der Waals surface area contributed by atoms with Gasteiger partial charge in [0.2, 0.25) is 0 Å². The molecule has 1 aliphatic rings. The summed E-state index contributed by atoms with van der Waals surface area (Å²) in [6.45, 7) is 1.78. The number of nitro benzene ring substituents is 2. The minimum absolute atomic E-state index is 0.0508. The van der Waals surface area contributed by atoms with E-state index < -0.39 is 27.0 Å². The Kier molecular flexibility index (Phi) is 4.24. The lowest BCUT2D eigenvalue weighted by Gasteiger charge is -2.07. The number of benzene rings is 2. The van der Waals surface area contributed by atoms with Crippen molar-refractivity contribution in [2.45, 2.75) is 19.3 Å². The summed E-state index contributed by atoms with van der Waals surface area (Å²) in [5, 5.41) is 36.0. The van der Waals surface area contributed by atoms with E-state index in [1.807, 2.05) is 0 Å². The summed E-state index contributed by atoms with van der Waals surface area (Å²) >= 11 is 0. The van der Waals surface area contributed by atoms with Crippen molar-refractivity contribution in [3.63, 3.8) is 0 Å². The van der Waals surface area contributed by atoms with E-state index in [0.717, 1.165) is 12.1 Å². The molecule has 9 nitrogen and oxygen atoms in total. The fraction of sp³-hybridized carbons (Fsp3) is 0.188. The predicted octanol–water partition coefficient (Wildman–Crippen LogP) is 3.67. The number of phenolic OH excluding ortho intramolecular Hbond substituents is 1. The van der Waals surface area contributed by atoms with Gasteiger partial charge in [-0.15, -0.1) is 0 Å². The lowest BCUT2D eigenvalue weighted by atomic mass is 10.0. The first-order valence-electron chi connectivity index (χ1n) is 7.56. The summed E-state index contributed by atoms with van der Waals surface area (Å²) in [6, 6.07) is 5.49. The van der Waals surface area contributed by atoms with Crippen LogP contribution in [0.25, 0.3) is 0 Å². The number of hydrogen-bond acceptors (Lipinski definition) is 7. The molecule has 0 radical (unpaired) electrons. The van der Waals surface area contributed by atoms with E-state index in [-0.39, 0.29) is 22.9 Å². The summed E-state index contributed by atoms with van der Waals surface area (Å²) in [5.74, 6) is -0.814. The number of nitrogens with one attached hydrogen (secondary N) is 1. The average Bonchev–Trinajstić information content (AvgIpc) is 2.93. The number of halogens is 1. The molecule has 3 rings (SSSR count). The number of nitrogens with zero attached hydrogens (tertiary/aromatic N) is 3. The molecule has 2 aromatic carbocycles. The molecule has 0 saturated carbocycles. The first kappa shape index (κ1) is 17.3. The van der Waals surface area contributed by atoms with Gasteiger partial charge in [0.15, 0.2) is 0 Å². The van der Waals surface area contributed by atoms with Gasteiger partial charge < -0.3 is 5.11 Å². The van der Waals surface area contributed by atoms with Gasteiger partial charge in [0, 0.05) is 17.2 Å². The highest BCUT2D eigenvalue weighted by Gasteiger charge is 2.31. The van der Waals surface area contributed by atoms with Gasteiger partial charge in [0.25, 0.3) is 5.69 Å². The quantitative estimate of drug-likeness (QED) is 0.632. The second-order valence-electron chi connectivity index (χ2n) is 5.85. The van der Waals surface area contributed by atoms with Crippen molar-refractivity contribution in [1.29, 1.82) is 0 Å². The molecule has 0 saturated heterocycles. The van der Waals surface area contributed by atoms with Gasteiger partial charge in [-0.1, -0.05) is 6.92 Å². The van der Waals surface area contributed by atoms with Crippen molar-refractivity contribution in [1.82, 2.24) is 0 Å². The van der Waals surface area contributed by atoms with Crippen molar-refractivity contribution < 1.29 is 19.3 Å². The third-order valence-electron chi connectivity index (χ3n) is 4.15. The van der Waals surface area contributed by atoms with Crippen LogP contribution in [0.3, 0.4) is 0 Å². The van der Waals surface area contributed by atoms with Crippen molar-refractivity contribution in [2.24, 2.45) is 5.10 Å². The summed E-state index contributed by atoms with van der Waals surface area (Å²) in [6.07, 6.45) is 0.331. The van der Waals surface area contributed by atoms with Crippen LogP contribution in [0, 0.1) is 26.0 Å². The van der Waals surface area contributed by atoms with Crippen LogP contribution in [-0.2, 0) is 0 Å². The molecule has 134 valence electrons. The van der Waals surface area contributed by atoms with E-state index in [9.17, 15) is 29.7 Å². The summed E-state index contributed by atoms with van der Waals surface area (Å²) in [5.41, 5.74) is 2.45. The normalized spacial score (nSPS) is 17.2. The molecule has 0 aromatic heterocycles. The molecule has 0 aliphatic heterocycles. The molecule has 0 bridgehead atoms. The number of fused-ring (bicyclic) bond motifs is 1. The largest absolute Gasteiger partial charge is 0.507 e. The minimum Gasteiger partial charge on any atom is -0.507 e. The zero-order valence-electron chi connectivity index (χ0n) is 13.5. The molecule has 10 heteroatoms. The molecule has 0 unspecified atom stereocenters. The first-order chi connectivity index (χ1) is 12.3. The van der Waals surface area contributed by atoms with Crippen molar-refractivity contribution in [2.75, 3.05) is 5.43 Å². The van der Waals surface area contributed by atoms with Crippen LogP contribution in [0.15, 0.2) is 35.4 Å². The molecule has 1 aliphatic carbocycles. The zero-order chi connectivity index (χ0) is 19.0. The van der Waals surface area contributed by atoms with E-state index >= 15 is 0 Å². The maximum absolute atomic E-state index is 14.0. The molecule has 2 aromatic rings. The first-order valence-corrected chi connectivity index (χ1v) is 7.56. The van der Waals surface area contributed by atoms with Gasteiger partial charge in [0.05, 0.1) is 21.6 Å². The Bertz CT molecular complexity index is 960. The monoisotopic (exact) mass is 360 g/mol. The fourth-order valence-electron chi connectivity index (χ4n) is 2.97. The molecular weight excluding hydrogens is 347 g/mol. The number of aromatic hydroxyl groups is 1. The van der Waals surface area contributed by atoms with Gasteiger partial charge in [-0.3, -0.25) is 25.7 Å². The van der Waals surface area contributed by atoms with E-state index in [1.54, 1.807) is 6.92 Å². The third kappa shape index (κ3) is 2.92. The van der Waals surface area contributed by atoms with Gasteiger partial charge in [-0.05, 0) is 30.5 Å². The molecule has 0 heterocycles. The lowest BCUT2D eigenvalue weighted by molar-refractivity contribution is -0.393. The van der Waals surface area contributed by atoms with Crippen LogP contribution in [-0.4, -0.2) is 20.7 Å². The van der Waals surface area contributed by atoms with Crippen LogP contribution >= 0.6 is 0 Å². The molecular formula is C16H13FN4O5. The standard InChI is InChI=1S/C16H13FN4O5/c1-8-6-12(16-14(22)5-3-10(17)15(8)16)19-18-11-4-2-9(20(23)24)7-13(11)21(25)26/h2-5,7-8,18,22H,6H2,1H3/b19-12+/t8-/m0/s1. The average molecular weight is 360 g/mol. The lowest BCUT2D eigenvalue weighted by Crippen LogP contribution is -2.03. The Hall–Kier alpha value is -3.56. The van der Waals surface area contributed by atoms with Crippen molar-refractivity contribution in [3.8, 4) is 5.75 Å². The highest BCUT2D eigenvalue weighted by molar-refractivity contribution is 6.07. The molecule has 2 N–H and O–H groups in total. The third-order valence-corrected chi connectivity index (χ3v) is 4.15. The minimum atomic E-state index is -0.766. The Labute approximate surface area is 146 Å². The van der Waals surface area contributed by atoms with Crippen LogP contribution in [0.5, 0.6) is 5.75 Å². The van der Waals surface area contributed by atoms with Crippen molar-refractivity contribution >= 4 is 22.8 Å². The summed E-state index contributed by atoms with van der Waals surface area (Å²) < 4.78 is 14.0. The number of hydrazone groups is 1. The fourth-order valence-corrected chi connectivity index (χ4v) is 2.97. The van der Waals surface area contributed by atoms with Gasteiger partial charge in [-0.2, -0.15) is 5.10 Å². The Balaban J connectivity index is 1.99. The van der Waals surface area contributed by atoms with Gasteiger partial charge in [0.1, 0.15) is 17.3 Å². The summed E-state index contributed by atoms with van der Waals surface area (Å²) in [4.78, 5) is 20.4. The number of rotatable bonds is 4. The second kappa shape index (κ2) is 6.39. The van der Waals surface area contributed by atoms with Gasteiger partial charge >= 0.3 is 5.69 Å². The zero-order valence-corrected chi connectivity index (χ0v) is 13.5. The Morgan fingerprint density at radius 1 is 1.23 bits per heavy atom. The van der Waals surface area contributed by atoms with Crippen LogP contribution in [0.1, 0.15) is 30.4 Å². The second-order valence-corrected chi connectivity index (χ2v) is 5.85. The molecule has 1 atom stereocenters. The van der Waals surface area contributed by atoms with Crippen LogP contribution < -0.4 is 5.43 Å². The maximum atomic E-state index is 14.0. The maximum Gasteiger partial charge on any atom is 0.301 e. The van der Waals surface area contributed by atoms with Crippen LogP contribution in [0.4, 0.5) is 21.5 Å². The number of hydrogen-bond donors (Lipinski definition) is 2. The Morgan fingerprint density at radius 2 is 1.96 bits per heavy atom. The molecule has 0 spiro atoms. The van der Waals surface area contributed by atoms with E-state index in [2.05, 4.69) is 10.5 Å². The topological polar surface area (TPSA) is 131 Å². The molecule has 0 amide bonds. The summed E-state index contributed by atoms with van der Waals surface area (Å²) in [7, 11) is 0. The predicted molar refractivity (Wildman–Crippen MR) is 91.0 cm³/mol. The van der Waals surface area contributed by atoms with Gasteiger partial charge in [-0.25, -0.2) is 4.39 Å². The molecule has 0 fully saturated rings. The van der Waals surface area contributed by atoms with E-state index in [0.29, 0.717) is 17.7 Å². The highest BCUT2D eigenvalue weighted by atomic mass is 19.1. The van der Waals surface area contributed by atoms with Crippen molar-refractivity contribution in [3.05, 3.63) is 67.5 Å². The number of anilines is 1. The number of phenols is 1. The smallest absolute Gasteiger partial charge is 0.301 e. The van der Waals surface area contributed by atoms with E-state index in [4.69, 9.17) is 0 Å². The number of nitro groups is 2. The molecule has 26 heavy (non-hydrogen) atoms.